The fraction of sp³-hybridized carbons (Fsp3) is 0.219. The first-order chi connectivity index (χ1) is 20.3. The Kier molecular flexibility index (Phi) is 9.30. The quantitative estimate of drug-likeness (QED) is 0.199. The molecule has 5 rings (SSSR count). The molecule has 0 amide bonds. The number of thiazole rings is 1. The van der Waals surface area contributed by atoms with E-state index in [1.54, 1.807) is 18.4 Å². The molecule has 1 aliphatic heterocycles. The van der Waals surface area contributed by atoms with Crippen LogP contribution in [0.1, 0.15) is 43.5 Å². The Morgan fingerprint density at radius 3 is 2.55 bits per heavy atom. The fourth-order valence-electron chi connectivity index (χ4n) is 4.68. The normalized spacial score (nSPS) is 14.8. The topological polar surface area (TPSA) is 79.1 Å². The molecule has 0 saturated heterocycles. The first kappa shape index (κ1) is 29.8. The van der Waals surface area contributed by atoms with Crippen molar-refractivity contribution in [2.24, 2.45) is 4.99 Å². The third-order valence-corrected chi connectivity index (χ3v) is 8.40. The lowest BCUT2D eigenvalue weighted by atomic mass is 9.96. The molecule has 1 aromatic heterocycles. The molecule has 0 N–H and O–H groups in total. The van der Waals surface area contributed by atoms with Gasteiger partial charge in [-0.15, -0.1) is 0 Å². The molecule has 216 valence electrons. The van der Waals surface area contributed by atoms with Gasteiger partial charge in [0.05, 0.1) is 39.5 Å². The predicted octanol–water partition coefficient (Wildman–Crippen LogP) is 6.19. The summed E-state index contributed by atoms with van der Waals surface area (Å²) in [5.74, 6) is 0.876. The zero-order valence-corrected chi connectivity index (χ0v) is 26.4. The van der Waals surface area contributed by atoms with Crippen molar-refractivity contribution in [2.45, 2.75) is 33.4 Å². The first-order valence-electron chi connectivity index (χ1n) is 13.4. The van der Waals surface area contributed by atoms with E-state index in [9.17, 15) is 9.59 Å². The van der Waals surface area contributed by atoms with Crippen molar-refractivity contribution in [1.82, 2.24) is 4.57 Å². The van der Waals surface area contributed by atoms with Crippen LogP contribution in [0.4, 0.5) is 0 Å². The maximum atomic E-state index is 13.9. The highest BCUT2D eigenvalue weighted by atomic mass is 79.9. The third kappa shape index (κ3) is 6.38. The van der Waals surface area contributed by atoms with Crippen molar-refractivity contribution in [3.05, 3.63) is 124 Å². The van der Waals surface area contributed by atoms with Gasteiger partial charge >= 0.3 is 5.97 Å². The summed E-state index contributed by atoms with van der Waals surface area (Å²) in [4.78, 5) is 32.1. The molecule has 1 atom stereocenters. The minimum absolute atomic E-state index is 0.212. The van der Waals surface area contributed by atoms with E-state index in [2.05, 4.69) is 20.9 Å². The zero-order valence-electron chi connectivity index (χ0n) is 23.2. The maximum absolute atomic E-state index is 13.9. The van der Waals surface area contributed by atoms with Gasteiger partial charge in [-0.2, -0.15) is 0 Å². The number of nitrogens with zero attached hydrogens (tertiary/aromatic N) is 2. The van der Waals surface area contributed by atoms with E-state index in [1.807, 2.05) is 79.7 Å². The van der Waals surface area contributed by atoms with Crippen LogP contribution >= 0.6 is 38.9 Å². The van der Waals surface area contributed by atoms with E-state index in [1.165, 1.54) is 11.3 Å². The Hall–Kier alpha value is -3.66. The summed E-state index contributed by atoms with van der Waals surface area (Å²) in [5, 5.41) is 0.654. The summed E-state index contributed by atoms with van der Waals surface area (Å²) in [5.41, 5.74) is 3.13. The maximum Gasteiger partial charge on any atom is 0.338 e. The summed E-state index contributed by atoms with van der Waals surface area (Å²) in [6.45, 7) is 6.55. The summed E-state index contributed by atoms with van der Waals surface area (Å²) in [6.07, 6.45) is 1.81. The van der Waals surface area contributed by atoms with Crippen LogP contribution < -0.4 is 24.4 Å². The molecule has 0 fully saturated rings. The number of carbonyl (C=O) groups is 1. The van der Waals surface area contributed by atoms with Gasteiger partial charge in [0.15, 0.2) is 4.80 Å². The van der Waals surface area contributed by atoms with Crippen molar-refractivity contribution in [3.8, 4) is 11.5 Å². The Balaban J connectivity index is 1.51. The monoisotopic (exact) mass is 666 g/mol. The highest BCUT2D eigenvalue weighted by molar-refractivity contribution is 9.10. The van der Waals surface area contributed by atoms with Crippen LogP contribution in [0.25, 0.3) is 6.08 Å². The number of hydrogen-bond donors (Lipinski definition) is 0. The fourth-order valence-corrected chi connectivity index (χ4v) is 6.45. The third-order valence-electron chi connectivity index (χ3n) is 6.56. The molecule has 1 aliphatic rings. The van der Waals surface area contributed by atoms with Gasteiger partial charge < -0.3 is 14.2 Å². The average molecular weight is 668 g/mol. The Bertz CT molecular complexity index is 1850. The van der Waals surface area contributed by atoms with Gasteiger partial charge in [0, 0.05) is 5.02 Å². The lowest BCUT2D eigenvalue weighted by Gasteiger charge is -2.24. The van der Waals surface area contributed by atoms with Crippen molar-refractivity contribution in [3.63, 3.8) is 0 Å². The molecule has 0 bridgehead atoms. The molecular formula is C32H28BrClN2O5S. The Morgan fingerprint density at radius 2 is 1.86 bits per heavy atom. The molecule has 3 aromatic carbocycles. The number of halogens is 2. The van der Waals surface area contributed by atoms with Gasteiger partial charge in [-0.1, -0.05) is 53.3 Å². The molecule has 0 unspecified atom stereocenters. The molecule has 42 heavy (non-hydrogen) atoms. The zero-order chi connectivity index (χ0) is 29.8. The van der Waals surface area contributed by atoms with Gasteiger partial charge in [-0.25, -0.2) is 9.79 Å². The number of benzene rings is 3. The highest BCUT2D eigenvalue weighted by Crippen LogP contribution is 2.32. The SMILES string of the molecule is CCOC(=O)C1=C(C)N=c2s/c(=C\c3ccc(OCc4cccc(Cl)c4)c(Br)c3)c(=O)n2[C@H]1c1ccc(OCC)cc1. The molecule has 0 spiro atoms. The summed E-state index contributed by atoms with van der Waals surface area (Å²) >= 11 is 10.9. The van der Waals surface area contributed by atoms with Crippen LogP contribution in [0.3, 0.4) is 0 Å². The Labute approximate surface area is 260 Å². The second kappa shape index (κ2) is 13.1. The van der Waals surface area contributed by atoms with Crippen molar-refractivity contribution in [2.75, 3.05) is 13.2 Å². The van der Waals surface area contributed by atoms with Crippen LogP contribution in [0.2, 0.25) is 5.02 Å². The lowest BCUT2D eigenvalue weighted by Crippen LogP contribution is -2.39. The second-order valence-electron chi connectivity index (χ2n) is 9.41. The summed E-state index contributed by atoms with van der Waals surface area (Å²) in [6, 6.07) is 19.8. The standard InChI is InChI=1S/C32H28BrClN2O5S/c1-4-39-24-12-10-22(11-13-24)29-28(31(38)40-5-2)19(3)35-32-36(29)30(37)27(42-32)17-20-9-14-26(25(33)16-20)41-18-21-7-6-8-23(34)15-21/h6-17,29H,4-5,18H2,1-3H3/b27-17-/t29-/m0/s1. The number of ether oxygens (including phenoxy) is 3. The van der Waals surface area contributed by atoms with Crippen LogP contribution in [-0.2, 0) is 16.1 Å². The Morgan fingerprint density at radius 1 is 1.07 bits per heavy atom. The van der Waals surface area contributed by atoms with E-state index in [0.717, 1.165) is 21.2 Å². The summed E-state index contributed by atoms with van der Waals surface area (Å²) < 4.78 is 19.8. The predicted molar refractivity (Wildman–Crippen MR) is 168 cm³/mol. The van der Waals surface area contributed by atoms with Crippen LogP contribution in [0.15, 0.2) is 92.3 Å². The van der Waals surface area contributed by atoms with Gasteiger partial charge in [-0.05, 0) is 95.9 Å². The molecule has 0 aliphatic carbocycles. The smallest absolute Gasteiger partial charge is 0.338 e. The highest BCUT2D eigenvalue weighted by Gasteiger charge is 2.33. The van der Waals surface area contributed by atoms with E-state index >= 15 is 0 Å². The molecule has 7 nitrogen and oxygen atoms in total. The van der Waals surface area contributed by atoms with Crippen LogP contribution in [-0.4, -0.2) is 23.8 Å². The van der Waals surface area contributed by atoms with E-state index < -0.39 is 12.0 Å². The van der Waals surface area contributed by atoms with Crippen LogP contribution in [0, 0.1) is 0 Å². The van der Waals surface area contributed by atoms with E-state index in [4.69, 9.17) is 25.8 Å². The number of esters is 1. The molecule has 4 aromatic rings. The lowest BCUT2D eigenvalue weighted by molar-refractivity contribution is -0.139. The average Bonchev–Trinajstić information content (AvgIpc) is 3.26. The summed E-state index contributed by atoms with van der Waals surface area (Å²) in [7, 11) is 0. The van der Waals surface area contributed by atoms with E-state index in [0.29, 0.717) is 50.3 Å². The molecule has 0 saturated carbocycles. The van der Waals surface area contributed by atoms with Gasteiger partial charge in [0.2, 0.25) is 0 Å². The first-order valence-corrected chi connectivity index (χ1v) is 15.4. The van der Waals surface area contributed by atoms with Crippen molar-refractivity contribution in [1.29, 1.82) is 0 Å². The largest absolute Gasteiger partial charge is 0.494 e. The minimum atomic E-state index is -0.688. The molecule has 0 radical (unpaired) electrons. The number of allylic oxidation sites excluding steroid dienone is 1. The number of fused-ring (bicyclic) bond motifs is 1. The van der Waals surface area contributed by atoms with Crippen molar-refractivity contribution >= 4 is 50.9 Å². The number of carbonyl (C=O) groups excluding carboxylic acids is 1. The van der Waals surface area contributed by atoms with Crippen molar-refractivity contribution < 1.29 is 19.0 Å². The van der Waals surface area contributed by atoms with Gasteiger partial charge in [0.1, 0.15) is 18.1 Å². The molecule has 2 heterocycles. The van der Waals surface area contributed by atoms with Gasteiger partial charge in [0.25, 0.3) is 5.56 Å². The van der Waals surface area contributed by atoms with Gasteiger partial charge in [-0.3, -0.25) is 9.36 Å². The molecule has 10 heteroatoms. The minimum Gasteiger partial charge on any atom is -0.494 e. The number of rotatable bonds is 9. The number of hydrogen-bond acceptors (Lipinski definition) is 7. The molecular weight excluding hydrogens is 640 g/mol. The van der Waals surface area contributed by atoms with E-state index in [-0.39, 0.29) is 12.2 Å². The number of aromatic nitrogens is 1. The van der Waals surface area contributed by atoms with Crippen LogP contribution in [0.5, 0.6) is 11.5 Å². The second-order valence-corrected chi connectivity index (χ2v) is 11.7.